The molecule has 5 rings (SSSR count). The van der Waals surface area contributed by atoms with Gasteiger partial charge in [0.15, 0.2) is 17.2 Å². The maximum absolute atomic E-state index is 12.7. The zero-order valence-electron chi connectivity index (χ0n) is 17.6. The summed E-state index contributed by atoms with van der Waals surface area (Å²) in [7, 11) is 0. The molecule has 0 radical (unpaired) electrons. The molecule has 0 saturated carbocycles. The Balaban J connectivity index is 1.37. The van der Waals surface area contributed by atoms with E-state index in [1.165, 1.54) is 18.2 Å². The lowest BCUT2D eigenvalue weighted by Crippen LogP contribution is -2.35. The number of rotatable bonds is 6. The molecule has 0 aromatic heterocycles. The van der Waals surface area contributed by atoms with Gasteiger partial charge >= 0.3 is 5.69 Å². The first-order chi connectivity index (χ1) is 16.5. The second kappa shape index (κ2) is 8.58. The maximum Gasteiger partial charge on any atom is 0.311 e. The van der Waals surface area contributed by atoms with Crippen LogP contribution in [0.15, 0.2) is 72.3 Å². The van der Waals surface area contributed by atoms with Crippen molar-refractivity contribution in [2.45, 2.75) is 6.61 Å². The van der Waals surface area contributed by atoms with Crippen LogP contribution in [-0.2, 0) is 16.2 Å². The van der Waals surface area contributed by atoms with Crippen molar-refractivity contribution < 1.29 is 28.7 Å². The van der Waals surface area contributed by atoms with Crippen molar-refractivity contribution in [1.82, 2.24) is 5.43 Å². The Hall–Kier alpha value is -4.86. The van der Waals surface area contributed by atoms with Gasteiger partial charge in [-0.2, -0.15) is 0 Å². The predicted molar refractivity (Wildman–Crippen MR) is 120 cm³/mol. The van der Waals surface area contributed by atoms with Crippen LogP contribution in [0.25, 0.3) is 6.08 Å². The molecule has 3 aromatic carbocycles. The molecule has 2 aliphatic rings. The number of ether oxygens (including phenoxy) is 3. The first kappa shape index (κ1) is 21.0. The fraction of sp³-hybridized carbons (Fsp3) is 0.0833. The molecule has 0 unspecified atom stereocenters. The van der Waals surface area contributed by atoms with Crippen LogP contribution in [0, 0.1) is 10.1 Å². The van der Waals surface area contributed by atoms with Crippen LogP contribution in [0.4, 0.5) is 11.4 Å². The summed E-state index contributed by atoms with van der Waals surface area (Å²) in [5, 5.41) is 12.8. The van der Waals surface area contributed by atoms with Crippen LogP contribution in [0.3, 0.4) is 0 Å². The highest BCUT2D eigenvalue weighted by Gasteiger charge is 2.34. The predicted octanol–water partition coefficient (Wildman–Crippen LogP) is 3.36. The first-order valence-corrected chi connectivity index (χ1v) is 10.2. The summed E-state index contributed by atoms with van der Waals surface area (Å²) in [4.78, 5) is 36.2. The van der Waals surface area contributed by atoms with E-state index in [-0.39, 0.29) is 30.4 Å². The largest absolute Gasteiger partial charge is 0.482 e. The SMILES string of the molecule is O=C1NN(c2ccccc2)C(=O)C1=Cc1ccc(OCc2ccc3c(c2)OCO3)c([N+](=O)[O-])c1. The van der Waals surface area contributed by atoms with Crippen molar-refractivity contribution in [2.75, 3.05) is 11.8 Å². The fourth-order valence-corrected chi connectivity index (χ4v) is 3.56. The average molecular weight is 459 g/mol. The van der Waals surface area contributed by atoms with Crippen molar-refractivity contribution in [2.24, 2.45) is 0 Å². The van der Waals surface area contributed by atoms with Crippen LogP contribution in [0.2, 0.25) is 0 Å². The third-order valence-electron chi connectivity index (χ3n) is 5.23. The number of carbonyl (C=O) groups is 2. The number of nitro benzene ring substituents is 1. The van der Waals surface area contributed by atoms with E-state index in [4.69, 9.17) is 14.2 Å². The normalized spacial score (nSPS) is 15.5. The third-order valence-corrected chi connectivity index (χ3v) is 5.23. The molecule has 170 valence electrons. The molecular formula is C24H17N3O7. The van der Waals surface area contributed by atoms with Gasteiger partial charge in [0.25, 0.3) is 11.8 Å². The Morgan fingerprint density at radius 1 is 1.03 bits per heavy atom. The lowest BCUT2D eigenvalue weighted by molar-refractivity contribution is -0.386. The summed E-state index contributed by atoms with van der Waals surface area (Å²) in [5.41, 5.74) is 3.64. The van der Waals surface area contributed by atoms with Gasteiger partial charge in [-0.15, -0.1) is 0 Å². The van der Waals surface area contributed by atoms with Gasteiger partial charge in [0.2, 0.25) is 6.79 Å². The minimum atomic E-state index is -0.598. The van der Waals surface area contributed by atoms with Gasteiger partial charge in [-0.1, -0.05) is 30.3 Å². The summed E-state index contributed by atoms with van der Waals surface area (Å²) in [6.45, 7) is 0.219. The van der Waals surface area contributed by atoms with E-state index >= 15 is 0 Å². The van der Waals surface area contributed by atoms with Crippen LogP contribution in [0.5, 0.6) is 17.2 Å². The van der Waals surface area contributed by atoms with E-state index in [2.05, 4.69) is 5.43 Å². The molecule has 10 heteroatoms. The summed E-state index contributed by atoms with van der Waals surface area (Å²) in [6, 6.07) is 18.1. The molecular weight excluding hydrogens is 442 g/mol. The Labute approximate surface area is 193 Å². The van der Waals surface area contributed by atoms with E-state index in [9.17, 15) is 19.7 Å². The highest BCUT2D eigenvalue weighted by Crippen LogP contribution is 2.34. The number of nitrogens with one attached hydrogen (secondary N) is 1. The third kappa shape index (κ3) is 3.99. The van der Waals surface area contributed by atoms with E-state index in [1.54, 1.807) is 54.6 Å². The Bertz CT molecular complexity index is 1340. The molecule has 0 atom stereocenters. The maximum atomic E-state index is 12.7. The monoisotopic (exact) mass is 459 g/mol. The van der Waals surface area contributed by atoms with Crippen LogP contribution < -0.4 is 24.6 Å². The van der Waals surface area contributed by atoms with Crippen LogP contribution in [0.1, 0.15) is 11.1 Å². The van der Waals surface area contributed by atoms with Crippen molar-refractivity contribution in [3.8, 4) is 17.2 Å². The lowest BCUT2D eigenvalue weighted by atomic mass is 10.1. The minimum Gasteiger partial charge on any atom is -0.482 e. The number of benzene rings is 3. The molecule has 10 nitrogen and oxygen atoms in total. The zero-order valence-corrected chi connectivity index (χ0v) is 17.6. The van der Waals surface area contributed by atoms with Crippen molar-refractivity contribution in [3.63, 3.8) is 0 Å². The molecule has 3 aromatic rings. The number of carbonyl (C=O) groups excluding carboxylic acids is 2. The highest BCUT2D eigenvalue weighted by molar-refractivity contribution is 6.31. The number of para-hydroxylation sites is 1. The lowest BCUT2D eigenvalue weighted by Gasteiger charge is -2.13. The molecule has 34 heavy (non-hydrogen) atoms. The van der Waals surface area contributed by atoms with Crippen molar-refractivity contribution >= 4 is 29.3 Å². The minimum absolute atomic E-state index is 0.0536. The number of anilines is 1. The summed E-state index contributed by atoms with van der Waals surface area (Å²) in [5.74, 6) is 0.115. The molecule has 0 spiro atoms. The molecule has 0 bridgehead atoms. The van der Waals surface area contributed by atoms with Crippen LogP contribution >= 0.6 is 0 Å². The molecule has 2 aliphatic heterocycles. The quantitative estimate of drug-likeness (QED) is 0.260. The molecule has 1 N–H and O–H groups in total. The van der Waals surface area contributed by atoms with Gasteiger partial charge in [0.05, 0.1) is 10.6 Å². The Morgan fingerprint density at radius 2 is 1.82 bits per heavy atom. The van der Waals surface area contributed by atoms with E-state index in [0.717, 1.165) is 10.6 Å². The molecule has 1 saturated heterocycles. The number of nitrogens with zero attached hydrogens (tertiary/aromatic N) is 2. The van der Waals surface area contributed by atoms with Gasteiger partial charge in [-0.25, -0.2) is 5.01 Å². The number of hydrogen-bond donors (Lipinski definition) is 1. The van der Waals surface area contributed by atoms with Gasteiger partial charge in [0.1, 0.15) is 12.2 Å². The van der Waals surface area contributed by atoms with Crippen molar-refractivity contribution in [3.05, 3.63) is 93.5 Å². The summed E-state index contributed by atoms with van der Waals surface area (Å²) in [6.07, 6.45) is 1.31. The smallest absolute Gasteiger partial charge is 0.311 e. The first-order valence-electron chi connectivity index (χ1n) is 10.2. The number of nitro groups is 1. The van der Waals surface area contributed by atoms with Crippen molar-refractivity contribution in [1.29, 1.82) is 0 Å². The molecule has 0 aliphatic carbocycles. The number of hydrogen-bond acceptors (Lipinski definition) is 7. The average Bonchev–Trinajstić information content (AvgIpc) is 3.43. The zero-order chi connectivity index (χ0) is 23.7. The molecule has 2 amide bonds. The van der Waals surface area contributed by atoms with E-state index in [0.29, 0.717) is 22.7 Å². The number of hydrazine groups is 1. The number of amides is 2. The van der Waals surface area contributed by atoms with Gasteiger partial charge < -0.3 is 14.2 Å². The van der Waals surface area contributed by atoms with Gasteiger partial charge in [0, 0.05) is 6.07 Å². The highest BCUT2D eigenvalue weighted by atomic mass is 16.7. The van der Waals surface area contributed by atoms with E-state index < -0.39 is 16.7 Å². The van der Waals surface area contributed by atoms with Crippen LogP contribution in [-0.4, -0.2) is 23.5 Å². The second-order valence-corrected chi connectivity index (χ2v) is 7.44. The Kier molecular flexibility index (Phi) is 5.30. The molecule has 1 fully saturated rings. The summed E-state index contributed by atoms with van der Waals surface area (Å²) >= 11 is 0. The Morgan fingerprint density at radius 3 is 2.62 bits per heavy atom. The summed E-state index contributed by atoms with van der Waals surface area (Å²) < 4.78 is 16.3. The standard InChI is InChI=1S/C24H17N3O7/c28-23-18(24(29)26(25-23)17-4-2-1-3-5-17)10-15-6-8-20(19(11-15)27(30)31)32-13-16-7-9-21-22(12-16)34-14-33-21/h1-12H,13-14H2,(H,25,28). The topological polar surface area (TPSA) is 120 Å². The van der Waals surface area contributed by atoms with E-state index in [1.807, 2.05) is 0 Å². The molecule has 2 heterocycles. The van der Waals surface area contributed by atoms with Gasteiger partial charge in [-0.3, -0.25) is 25.1 Å². The van der Waals surface area contributed by atoms with Gasteiger partial charge in [-0.05, 0) is 47.5 Å². The second-order valence-electron chi connectivity index (χ2n) is 7.44. The number of fused-ring (bicyclic) bond motifs is 1. The fourth-order valence-electron chi connectivity index (χ4n) is 3.56.